The van der Waals surface area contributed by atoms with Gasteiger partial charge in [0.25, 0.3) is 5.69 Å². The first kappa shape index (κ1) is 27.5. The van der Waals surface area contributed by atoms with Crippen LogP contribution in [0.3, 0.4) is 0 Å². The van der Waals surface area contributed by atoms with E-state index in [9.17, 15) is 20.0 Å². The van der Waals surface area contributed by atoms with E-state index < -0.39 is 25.0 Å². The summed E-state index contributed by atoms with van der Waals surface area (Å²) in [4.78, 5) is 27.2. The summed E-state index contributed by atoms with van der Waals surface area (Å²) in [6.45, 7) is 13.0. The van der Waals surface area contributed by atoms with E-state index in [0.29, 0.717) is 10.2 Å². The van der Waals surface area contributed by atoms with Crippen LogP contribution in [0.2, 0.25) is 23.2 Å². The Morgan fingerprint density at radius 1 is 1.39 bits per heavy atom. The molecule has 1 rings (SSSR count). The average molecular weight is 583 g/mol. The van der Waals surface area contributed by atoms with Crippen LogP contribution in [0.5, 0.6) is 0 Å². The highest BCUT2D eigenvalue weighted by Gasteiger charge is 2.36. The molecule has 0 radical (unpaired) electrons. The minimum Gasteiger partial charge on any atom is -0.506 e. The smallest absolute Gasteiger partial charge is 0.343 e. The quantitative estimate of drug-likeness (QED) is 0.0455. The SMILES string of the molecule is CCOC(=O)/C(C=NCCO[Si](C)(C)C(C)(C)C)=C(\O)c1cc(I)cc([N+](=O)[O-])c1Cl. The molecule has 0 aromatic heterocycles. The molecular formula is C20H28ClIN2O6Si. The van der Waals surface area contributed by atoms with Gasteiger partial charge >= 0.3 is 5.97 Å². The lowest BCUT2D eigenvalue weighted by Gasteiger charge is -2.35. The molecule has 0 aliphatic carbocycles. The van der Waals surface area contributed by atoms with E-state index >= 15 is 0 Å². The normalized spacial score (nSPS) is 13.3. The maximum Gasteiger partial charge on any atom is 0.343 e. The fraction of sp³-hybridized carbons (Fsp3) is 0.500. The molecule has 0 aliphatic heterocycles. The Morgan fingerprint density at radius 2 is 2.00 bits per heavy atom. The zero-order chi connectivity index (χ0) is 24.0. The van der Waals surface area contributed by atoms with E-state index in [1.165, 1.54) is 18.3 Å². The third-order valence-corrected chi connectivity index (χ3v) is 10.5. The van der Waals surface area contributed by atoms with Crippen molar-refractivity contribution in [2.75, 3.05) is 19.8 Å². The van der Waals surface area contributed by atoms with Crippen LogP contribution in [0.15, 0.2) is 22.7 Å². The number of carbonyl (C=O) groups is 1. The molecule has 1 N–H and O–H groups in total. The molecule has 0 bridgehead atoms. The third kappa shape index (κ3) is 7.54. The van der Waals surface area contributed by atoms with Crippen molar-refractivity contribution in [3.8, 4) is 0 Å². The molecule has 8 nitrogen and oxygen atoms in total. The molecule has 0 saturated carbocycles. The number of halogens is 2. The van der Waals surface area contributed by atoms with E-state index in [-0.39, 0.29) is 40.0 Å². The van der Waals surface area contributed by atoms with Crippen LogP contribution < -0.4 is 0 Å². The second kappa shape index (κ2) is 11.4. The van der Waals surface area contributed by atoms with Crippen molar-refractivity contribution in [2.24, 2.45) is 4.99 Å². The van der Waals surface area contributed by atoms with Crippen LogP contribution in [0.1, 0.15) is 33.3 Å². The highest BCUT2D eigenvalue weighted by atomic mass is 127. The summed E-state index contributed by atoms with van der Waals surface area (Å²) >= 11 is 7.99. The first-order chi connectivity index (χ1) is 14.2. The largest absolute Gasteiger partial charge is 0.506 e. The summed E-state index contributed by atoms with van der Waals surface area (Å²) in [5, 5.41) is 21.8. The van der Waals surface area contributed by atoms with E-state index in [1.807, 2.05) is 22.6 Å². The van der Waals surface area contributed by atoms with Gasteiger partial charge in [-0.1, -0.05) is 32.4 Å². The summed E-state index contributed by atoms with van der Waals surface area (Å²) in [5.41, 5.74) is -0.669. The minimum absolute atomic E-state index is 0.0488. The zero-order valence-corrected chi connectivity index (χ0v) is 22.4. The third-order valence-electron chi connectivity index (χ3n) is 4.93. The lowest BCUT2D eigenvalue weighted by atomic mass is 10.1. The maximum atomic E-state index is 12.4. The van der Waals surface area contributed by atoms with Gasteiger partial charge in [-0.2, -0.15) is 0 Å². The van der Waals surface area contributed by atoms with E-state index in [0.717, 1.165) is 0 Å². The molecule has 0 fully saturated rings. The Morgan fingerprint density at radius 3 is 2.52 bits per heavy atom. The summed E-state index contributed by atoms with van der Waals surface area (Å²) in [6, 6.07) is 2.72. The van der Waals surface area contributed by atoms with Gasteiger partial charge in [0, 0.05) is 21.4 Å². The first-order valence-corrected chi connectivity index (χ1v) is 14.0. The van der Waals surface area contributed by atoms with Crippen molar-refractivity contribution in [3.05, 3.63) is 42.0 Å². The van der Waals surface area contributed by atoms with Crippen LogP contribution in [-0.2, 0) is 14.0 Å². The molecule has 172 valence electrons. The fourth-order valence-corrected chi connectivity index (χ4v) is 4.08. The van der Waals surface area contributed by atoms with Crippen molar-refractivity contribution in [1.82, 2.24) is 0 Å². The number of hydrogen-bond donors (Lipinski definition) is 1. The Labute approximate surface area is 202 Å². The van der Waals surface area contributed by atoms with Crippen molar-refractivity contribution in [3.63, 3.8) is 0 Å². The van der Waals surface area contributed by atoms with Gasteiger partial charge in [0.1, 0.15) is 16.4 Å². The summed E-state index contributed by atoms with van der Waals surface area (Å²) in [5.74, 6) is -1.36. The number of carbonyl (C=O) groups excluding carboxylic acids is 1. The van der Waals surface area contributed by atoms with Crippen molar-refractivity contribution >= 4 is 66.1 Å². The zero-order valence-electron chi connectivity index (χ0n) is 18.5. The van der Waals surface area contributed by atoms with E-state index in [4.69, 9.17) is 20.8 Å². The molecule has 0 aliphatic rings. The van der Waals surface area contributed by atoms with Crippen LogP contribution in [0.4, 0.5) is 5.69 Å². The van der Waals surface area contributed by atoms with Crippen LogP contribution >= 0.6 is 34.2 Å². The van der Waals surface area contributed by atoms with E-state index in [2.05, 4.69) is 38.9 Å². The van der Waals surface area contributed by atoms with Crippen LogP contribution in [0.25, 0.3) is 5.76 Å². The monoisotopic (exact) mass is 582 g/mol. The Kier molecular flexibility index (Phi) is 10.1. The van der Waals surface area contributed by atoms with Crippen LogP contribution in [-0.4, -0.2) is 50.3 Å². The van der Waals surface area contributed by atoms with Gasteiger partial charge in [0.05, 0.1) is 24.7 Å². The second-order valence-corrected chi connectivity index (χ2v) is 14.6. The molecule has 0 spiro atoms. The number of nitrogens with zero attached hydrogens (tertiary/aromatic N) is 2. The Hall–Kier alpha value is -1.50. The number of rotatable bonds is 9. The number of nitro benzene ring substituents is 1. The van der Waals surface area contributed by atoms with Crippen molar-refractivity contribution < 1.29 is 24.0 Å². The van der Waals surface area contributed by atoms with Gasteiger partial charge in [0.2, 0.25) is 0 Å². The Balaban J connectivity index is 3.23. The van der Waals surface area contributed by atoms with Gasteiger partial charge in [-0.3, -0.25) is 15.1 Å². The lowest BCUT2D eigenvalue weighted by Crippen LogP contribution is -2.41. The topological polar surface area (TPSA) is 111 Å². The number of hydrogen-bond acceptors (Lipinski definition) is 7. The standard InChI is InChI=1S/C20H28ClIN2O6Si/c1-7-29-19(26)15(12-23-8-9-30-31(5,6)20(2,3)4)18(25)14-10-13(22)11-16(17(14)21)24(27)28/h10-12,25H,7-9H2,1-6H3/b18-15-,23-12?. The van der Waals surface area contributed by atoms with Gasteiger partial charge in [0.15, 0.2) is 8.32 Å². The van der Waals surface area contributed by atoms with Crippen LogP contribution in [0, 0.1) is 13.7 Å². The summed E-state index contributed by atoms with van der Waals surface area (Å²) < 4.78 is 11.5. The number of ether oxygens (including phenoxy) is 1. The molecule has 0 saturated heterocycles. The molecule has 1 aromatic rings. The highest BCUT2D eigenvalue weighted by Crippen LogP contribution is 2.36. The number of nitro groups is 1. The van der Waals surface area contributed by atoms with E-state index in [1.54, 1.807) is 6.92 Å². The molecular weight excluding hydrogens is 555 g/mol. The molecule has 1 aromatic carbocycles. The number of benzene rings is 1. The highest BCUT2D eigenvalue weighted by molar-refractivity contribution is 14.1. The predicted molar refractivity (Wildman–Crippen MR) is 134 cm³/mol. The second-order valence-electron chi connectivity index (χ2n) is 8.17. The fourth-order valence-electron chi connectivity index (χ4n) is 2.17. The average Bonchev–Trinajstić information content (AvgIpc) is 2.64. The van der Waals surface area contributed by atoms with Gasteiger partial charge in [-0.05, 0) is 53.7 Å². The summed E-state index contributed by atoms with van der Waals surface area (Å²) in [6.07, 6.45) is 1.18. The Bertz CT molecular complexity index is 896. The molecule has 0 amide bonds. The predicted octanol–water partition coefficient (Wildman–Crippen LogP) is 5.78. The minimum atomic E-state index is -1.93. The number of aliphatic hydroxyl groups excluding tert-OH is 1. The molecule has 11 heteroatoms. The molecule has 0 atom stereocenters. The van der Waals surface area contributed by atoms with Gasteiger partial charge < -0.3 is 14.3 Å². The lowest BCUT2D eigenvalue weighted by molar-refractivity contribution is -0.384. The number of aliphatic hydroxyl groups is 1. The van der Waals surface area contributed by atoms with Crippen molar-refractivity contribution in [2.45, 2.75) is 45.8 Å². The first-order valence-electron chi connectivity index (χ1n) is 9.60. The maximum absolute atomic E-state index is 12.4. The van der Waals surface area contributed by atoms with Crippen molar-refractivity contribution in [1.29, 1.82) is 0 Å². The number of esters is 1. The van der Waals surface area contributed by atoms with Gasteiger partial charge in [-0.15, -0.1) is 0 Å². The summed E-state index contributed by atoms with van der Waals surface area (Å²) in [7, 11) is -1.93. The number of aliphatic imine (C=N–C) groups is 1. The molecule has 31 heavy (non-hydrogen) atoms. The van der Waals surface area contributed by atoms with Gasteiger partial charge in [-0.25, -0.2) is 4.79 Å². The molecule has 0 unspecified atom stereocenters. The molecule has 0 heterocycles.